The van der Waals surface area contributed by atoms with Crippen LogP contribution in [0, 0.1) is 6.92 Å². The second-order valence-corrected chi connectivity index (χ2v) is 7.38. The number of hydrogen-bond donors (Lipinski definition) is 1. The molecule has 2 aromatic carbocycles. The molecule has 0 amide bonds. The van der Waals surface area contributed by atoms with E-state index in [-0.39, 0.29) is 17.9 Å². The van der Waals surface area contributed by atoms with E-state index in [0.29, 0.717) is 34.1 Å². The number of methoxy groups -OCH3 is 3. The molecule has 166 valence electrons. The number of nitrogens with zero attached hydrogens (tertiary/aromatic N) is 1. The Balaban J connectivity index is 1.82. The molecule has 0 saturated carbocycles. The van der Waals surface area contributed by atoms with Crippen LogP contribution in [-0.2, 0) is 11.3 Å². The molecular formula is C24H23NO7. The smallest absolute Gasteiger partial charge is 0.339 e. The van der Waals surface area contributed by atoms with Crippen LogP contribution in [0.2, 0.25) is 0 Å². The van der Waals surface area contributed by atoms with E-state index >= 15 is 0 Å². The average Bonchev–Trinajstić information content (AvgIpc) is 3.12. The van der Waals surface area contributed by atoms with Crippen LogP contribution in [0.5, 0.6) is 23.0 Å². The Morgan fingerprint density at radius 3 is 2.28 bits per heavy atom. The monoisotopic (exact) mass is 437 g/mol. The molecule has 1 atom stereocenters. The van der Waals surface area contributed by atoms with Gasteiger partial charge >= 0.3 is 5.97 Å². The Labute approximate surface area is 184 Å². The predicted octanol–water partition coefficient (Wildman–Crippen LogP) is 3.20. The van der Waals surface area contributed by atoms with Crippen LogP contribution in [0.25, 0.3) is 0 Å². The van der Waals surface area contributed by atoms with Gasteiger partial charge in [-0.1, -0.05) is 18.2 Å². The minimum Gasteiger partial charge on any atom is -0.507 e. The lowest BCUT2D eigenvalue weighted by Crippen LogP contribution is -2.28. The average molecular weight is 437 g/mol. The van der Waals surface area contributed by atoms with Gasteiger partial charge in [0.25, 0.3) is 5.56 Å². The zero-order chi connectivity index (χ0) is 23.0. The largest absolute Gasteiger partial charge is 0.507 e. The summed E-state index contributed by atoms with van der Waals surface area (Å²) < 4.78 is 23.1. The van der Waals surface area contributed by atoms with Gasteiger partial charge in [-0.05, 0) is 36.8 Å². The van der Waals surface area contributed by atoms with Gasteiger partial charge in [0.1, 0.15) is 11.3 Å². The zero-order valence-electron chi connectivity index (χ0n) is 18.2. The van der Waals surface area contributed by atoms with Crippen LogP contribution < -0.4 is 19.8 Å². The maximum atomic E-state index is 13.5. The number of rotatable bonds is 6. The van der Waals surface area contributed by atoms with E-state index in [1.54, 1.807) is 43.3 Å². The lowest BCUT2D eigenvalue weighted by Gasteiger charge is -2.19. The molecule has 8 heteroatoms. The number of aromatic nitrogens is 1. The second kappa shape index (κ2) is 8.30. The molecule has 32 heavy (non-hydrogen) atoms. The van der Waals surface area contributed by atoms with Crippen molar-refractivity contribution in [2.75, 3.05) is 21.3 Å². The van der Waals surface area contributed by atoms with Crippen molar-refractivity contribution in [3.8, 4) is 23.0 Å². The van der Waals surface area contributed by atoms with Gasteiger partial charge in [-0.3, -0.25) is 4.79 Å². The Morgan fingerprint density at radius 1 is 1.00 bits per heavy atom. The Kier molecular flexibility index (Phi) is 5.52. The first-order chi connectivity index (χ1) is 15.4. The number of esters is 1. The first kappa shape index (κ1) is 21.3. The van der Waals surface area contributed by atoms with Crippen molar-refractivity contribution < 1.29 is 28.8 Å². The summed E-state index contributed by atoms with van der Waals surface area (Å²) in [4.78, 5) is 25.7. The number of carbonyl (C=O) groups is 1. The van der Waals surface area contributed by atoms with Crippen molar-refractivity contribution >= 4 is 5.97 Å². The van der Waals surface area contributed by atoms with E-state index in [1.165, 1.54) is 32.0 Å². The van der Waals surface area contributed by atoms with Crippen molar-refractivity contribution in [3.05, 3.63) is 80.8 Å². The molecule has 0 radical (unpaired) electrons. The van der Waals surface area contributed by atoms with Gasteiger partial charge in [-0.25, -0.2) is 4.79 Å². The maximum absolute atomic E-state index is 13.5. The summed E-state index contributed by atoms with van der Waals surface area (Å²) in [5, 5.41) is 10.6. The molecule has 0 spiro atoms. The molecule has 0 aliphatic carbocycles. The topological polar surface area (TPSA) is 96.2 Å². The first-order valence-corrected chi connectivity index (χ1v) is 9.91. The number of aromatic hydroxyl groups is 1. The summed E-state index contributed by atoms with van der Waals surface area (Å²) in [7, 11) is 4.55. The Bertz CT molecular complexity index is 1240. The zero-order valence-corrected chi connectivity index (χ0v) is 18.2. The van der Waals surface area contributed by atoms with Crippen LogP contribution in [0.4, 0.5) is 0 Å². The van der Waals surface area contributed by atoms with Crippen LogP contribution in [0.15, 0.2) is 47.3 Å². The third-order valence-electron chi connectivity index (χ3n) is 5.54. The number of cyclic esters (lactones) is 1. The van der Waals surface area contributed by atoms with Crippen molar-refractivity contribution in [1.82, 2.24) is 4.57 Å². The van der Waals surface area contributed by atoms with Gasteiger partial charge in [-0.2, -0.15) is 0 Å². The van der Waals surface area contributed by atoms with Gasteiger partial charge in [-0.15, -0.1) is 0 Å². The third kappa shape index (κ3) is 3.43. The Hall–Kier alpha value is -3.94. The van der Waals surface area contributed by atoms with Gasteiger partial charge in [0.2, 0.25) is 5.75 Å². The van der Waals surface area contributed by atoms with E-state index in [2.05, 4.69) is 0 Å². The summed E-state index contributed by atoms with van der Waals surface area (Å²) in [5.41, 5.74) is 1.76. The lowest BCUT2D eigenvalue weighted by molar-refractivity contribution is 0.0450. The summed E-state index contributed by atoms with van der Waals surface area (Å²) in [6.45, 7) is 1.90. The molecule has 0 saturated heterocycles. The highest BCUT2D eigenvalue weighted by atomic mass is 16.6. The summed E-state index contributed by atoms with van der Waals surface area (Å²) in [6.07, 6.45) is -0.974. The normalized spacial score (nSPS) is 14.6. The minimum atomic E-state index is -0.974. The fraction of sp³-hybridized carbons (Fsp3) is 0.250. The molecular weight excluding hydrogens is 414 g/mol. The van der Waals surface area contributed by atoms with Crippen LogP contribution in [-0.4, -0.2) is 37.0 Å². The molecule has 8 nitrogen and oxygen atoms in total. The van der Waals surface area contributed by atoms with Gasteiger partial charge < -0.3 is 28.6 Å². The number of pyridine rings is 1. The van der Waals surface area contributed by atoms with Crippen molar-refractivity contribution in [2.24, 2.45) is 0 Å². The number of fused-ring (bicyclic) bond motifs is 1. The number of aryl methyl sites for hydroxylation is 1. The maximum Gasteiger partial charge on any atom is 0.339 e. The van der Waals surface area contributed by atoms with Crippen molar-refractivity contribution in [2.45, 2.75) is 19.6 Å². The van der Waals surface area contributed by atoms with Gasteiger partial charge in [0.15, 0.2) is 17.6 Å². The van der Waals surface area contributed by atoms with E-state index in [9.17, 15) is 14.7 Å². The van der Waals surface area contributed by atoms with E-state index in [4.69, 9.17) is 18.9 Å². The van der Waals surface area contributed by atoms with Crippen molar-refractivity contribution in [3.63, 3.8) is 0 Å². The molecule has 2 heterocycles. The molecule has 1 N–H and O–H groups in total. The molecule has 0 unspecified atom stereocenters. The highest BCUT2D eigenvalue weighted by molar-refractivity contribution is 5.94. The predicted molar refractivity (Wildman–Crippen MR) is 116 cm³/mol. The molecule has 4 rings (SSSR count). The highest BCUT2D eigenvalue weighted by Crippen LogP contribution is 2.39. The fourth-order valence-electron chi connectivity index (χ4n) is 3.98. The summed E-state index contributed by atoms with van der Waals surface area (Å²) in [5.74, 6) is 0.628. The summed E-state index contributed by atoms with van der Waals surface area (Å²) >= 11 is 0. The van der Waals surface area contributed by atoms with Crippen LogP contribution >= 0.6 is 0 Å². The third-order valence-corrected chi connectivity index (χ3v) is 5.54. The van der Waals surface area contributed by atoms with Crippen molar-refractivity contribution in [1.29, 1.82) is 0 Å². The van der Waals surface area contributed by atoms with Gasteiger partial charge in [0, 0.05) is 11.3 Å². The fourth-order valence-corrected chi connectivity index (χ4v) is 3.98. The second-order valence-electron chi connectivity index (χ2n) is 7.38. The molecule has 1 aromatic heterocycles. The minimum absolute atomic E-state index is 0.0151. The van der Waals surface area contributed by atoms with E-state index < -0.39 is 17.6 Å². The standard InChI is InChI=1S/C24H23NO7/c1-13-9-17(26)20(21-15-7-5-6-8-16(15)24(28)32-21)23(27)25(13)12-14-10-18(29-2)22(31-4)19(11-14)30-3/h5-11,21,26H,12H2,1-4H3/t21-/m0/s1. The number of ether oxygens (including phenoxy) is 4. The molecule has 0 fully saturated rings. The molecule has 3 aromatic rings. The number of carbonyl (C=O) groups excluding carboxylic acids is 1. The highest BCUT2D eigenvalue weighted by Gasteiger charge is 2.36. The summed E-state index contributed by atoms with van der Waals surface area (Å²) in [6, 6.07) is 11.8. The molecule has 0 bridgehead atoms. The van der Waals surface area contributed by atoms with E-state index in [0.717, 1.165) is 5.56 Å². The SMILES string of the molecule is COc1cc(Cn2c(C)cc(O)c([C@H]3OC(=O)c4ccccc43)c2=O)cc(OC)c1OC. The molecule has 1 aliphatic rings. The number of benzene rings is 2. The Morgan fingerprint density at radius 2 is 1.66 bits per heavy atom. The number of hydrogen-bond acceptors (Lipinski definition) is 7. The lowest BCUT2D eigenvalue weighted by atomic mass is 9.99. The quantitative estimate of drug-likeness (QED) is 0.592. The van der Waals surface area contributed by atoms with Crippen LogP contribution in [0.3, 0.4) is 0 Å². The van der Waals surface area contributed by atoms with Gasteiger partial charge in [0.05, 0.1) is 33.4 Å². The van der Waals surface area contributed by atoms with Crippen LogP contribution in [0.1, 0.15) is 38.8 Å². The van der Waals surface area contributed by atoms with E-state index in [1.807, 2.05) is 0 Å². The first-order valence-electron chi connectivity index (χ1n) is 9.91. The molecule has 1 aliphatic heterocycles.